The van der Waals surface area contributed by atoms with Crippen molar-refractivity contribution in [1.82, 2.24) is 20.9 Å². The standard InChI is InChI=1S/C20H30FN5O2.HI/c1-5-20(4)17(27)26(19(28)25-20)11-7-10-23-18(22-6-2)24-13-15-8-9-16(21)14(3)12-15;/h8-9,12H,5-7,10-11,13H2,1-4H3,(H,25,28)(H2,22,23,24);1H. The first-order chi connectivity index (χ1) is 13.3. The van der Waals surface area contributed by atoms with Crippen molar-refractivity contribution in [2.75, 3.05) is 19.6 Å². The summed E-state index contributed by atoms with van der Waals surface area (Å²) >= 11 is 0. The van der Waals surface area contributed by atoms with Gasteiger partial charge in [0.05, 0.1) is 6.54 Å². The van der Waals surface area contributed by atoms with Gasteiger partial charge in [0, 0.05) is 19.6 Å². The zero-order valence-electron chi connectivity index (χ0n) is 17.5. The molecule has 1 aliphatic rings. The lowest BCUT2D eigenvalue weighted by molar-refractivity contribution is -0.130. The summed E-state index contributed by atoms with van der Waals surface area (Å²) in [6.45, 7) is 9.37. The van der Waals surface area contributed by atoms with E-state index in [0.29, 0.717) is 50.5 Å². The zero-order valence-corrected chi connectivity index (χ0v) is 19.8. The van der Waals surface area contributed by atoms with Gasteiger partial charge in [-0.15, -0.1) is 24.0 Å². The van der Waals surface area contributed by atoms with Crippen molar-refractivity contribution in [1.29, 1.82) is 0 Å². The molecule has 1 unspecified atom stereocenters. The predicted molar refractivity (Wildman–Crippen MR) is 123 cm³/mol. The van der Waals surface area contributed by atoms with Crippen LogP contribution in [0, 0.1) is 12.7 Å². The number of hydrogen-bond donors (Lipinski definition) is 3. The second-order valence-corrected chi connectivity index (χ2v) is 7.13. The maximum atomic E-state index is 13.4. The third-order valence-electron chi connectivity index (χ3n) is 4.89. The molecule has 1 fully saturated rings. The topological polar surface area (TPSA) is 85.8 Å². The number of imide groups is 1. The van der Waals surface area contributed by atoms with Crippen molar-refractivity contribution in [2.45, 2.75) is 52.6 Å². The molecule has 29 heavy (non-hydrogen) atoms. The second-order valence-electron chi connectivity index (χ2n) is 7.13. The van der Waals surface area contributed by atoms with E-state index in [9.17, 15) is 14.0 Å². The highest BCUT2D eigenvalue weighted by Crippen LogP contribution is 2.20. The molecule has 3 amide bonds. The zero-order chi connectivity index (χ0) is 20.7. The SMILES string of the molecule is CCNC(=NCc1ccc(F)c(C)c1)NCCCN1C(=O)NC(C)(CC)C1=O.I. The summed E-state index contributed by atoms with van der Waals surface area (Å²) in [6.07, 6.45) is 1.17. The fourth-order valence-corrected chi connectivity index (χ4v) is 2.95. The molecule has 1 saturated heterocycles. The van der Waals surface area contributed by atoms with E-state index >= 15 is 0 Å². The molecule has 1 atom stereocenters. The maximum absolute atomic E-state index is 13.4. The Hall–Kier alpha value is -1.91. The van der Waals surface area contributed by atoms with E-state index in [4.69, 9.17) is 0 Å². The number of nitrogens with zero attached hydrogens (tertiary/aromatic N) is 2. The minimum absolute atomic E-state index is 0. The normalized spacial score (nSPS) is 19.1. The molecule has 0 saturated carbocycles. The highest BCUT2D eigenvalue weighted by Gasteiger charge is 2.45. The third kappa shape index (κ3) is 6.55. The van der Waals surface area contributed by atoms with E-state index in [-0.39, 0.29) is 41.7 Å². The summed E-state index contributed by atoms with van der Waals surface area (Å²) in [5, 5.41) is 9.10. The van der Waals surface area contributed by atoms with Gasteiger partial charge in [-0.25, -0.2) is 14.2 Å². The van der Waals surface area contributed by atoms with Crippen LogP contribution in [0.4, 0.5) is 9.18 Å². The summed E-state index contributed by atoms with van der Waals surface area (Å²) in [7, 11) is 0. The first-order valence-corrected chi connectivity index (χ1v) is 9.72. The Labute approximate surface area is 188 Å². The summed E-state index contributed by atoms with van der Waals surface area (Å²) in [5.41, 5.74) is 0.723. The van der Waals surface area contributed by atoms with E-state index in [0.717, 1.165) is 5.56 Å². The Balaban J connectivity index is 0.00000420. The molecule has 0 spiro atoms. The van der Waals surface area contributed by atoms with Gasteiger partial charge in [-0.3, -0.25) is 9.69 Å². The Morgan fingerprint density at radius 3 is 2.59 bits per heavy atom. The molecular weight excluding hydrogens is 488 g/mol. The summed E-state index contributed by atoms with van der Waals surface area (Å²) in [4.78, 5) is 30.2. The van der Waals surface area contributed by atoms with Gasteiger partial charge < -0.3 is 16.0 Å². The van der Waals surface area contributed by atoms with Crippen LogP contribution in [0.25, 0.3) is 0 Å². The maximum Gasteiger partial charge on any atom is 0.325 e. The number of nitrogens with one attached hydrogen (secondary N) is 3. The molecule has 0 aliphatic carbocycles. The first-order valence-electron chi connectivity index (χ1n) is 9.72. The molecule has 3 N–H and O–H groups in total. The van der Waals surface area contributed by atoms with Crippen LogP contribution in [0.3, 0.4) is 0 Å². The van der Waals surface area contributed by atoms with Gasteiger partial charge in [-0.05, 0) is 50.8 Å². The minimum Gasteiger partial charge on any atom is -0.357 e. The minimum atomic E-state index is -0.797. The highest BCUT2D eigenvalue weighted by molar-refractivity contribution is 14.0. The van der Waals surface area contributed by atoms with Crippen molar-refractivity contribution in [2.24, 2.45) is 4.99 Å². The number of benzene rings is 1. The smallest absolute Gasteiger partial charge is 0.325 e. The molecule has 1 aromatic carbocycles. The molecule has 1 aliphatic heterocycles. The van der Waals surface area contributed by atoms with E-state index in [1.165, 1.54) is 11.0 Å². The number of carbonyl (C=O) groups is 2. The average Bonchev–Trinajstić information content (AvgIpc) is 2.89. The lowest BCUT2D eigenvalue weighted by Crippen LogP contribution is -2.43. The number of hydrogen-bond acceptors (Lipinski definition) is 3. The van der Waals surface area contributed by atoms with Gasteiger partial charge in [-0.1, -0.05) is 19.1 Å². The largest absolute Gasteiger partial charge is 0.357 e. The quantitative estimate of drug-likeness (QED) is 0.162. The van der Waals surface area contributed by atoms with E-state index in [1.54, 1.807) is 26.0 Å². The fraction of sp³-hybridized carbons (Fsp3) is 0.550. The molecule has 0 bridgehead atoms. The van der Waals surface area contributed by atoms with Crippen molar-refractivity contribution in [3.05, 3.63) is 35.1 Å². The Morgan fingerprint density at radius 1 is 1.28 bits per heavy atom. The number of guanidine groups is 1. The van der Waals surface area contributed by atoms with Crippen molar-refractivity contribution in [3.63, 3.8) is 0 Å². The molecule has 162 valence electrons. The van der Waals surface area contributed by atoms with Crippen LogP contribution in [0.15, 0.2) is 23.2 Å². The van der Waals surface area contributed by atoms with Gasteiger partial charge >= 0.3 is 6.03 Å². The number of carbonyl (C=O) groups excluding carboxylic acids is 2. The van der Waals surface area contributed by atoms with Crippen LogP contribution < -0.4 is 16.0 Å². The number of urea groups is 1. The molecular formula is C20H31FIN5O2. The lowest BCUT2D eigenvalue weighted by Gasteiger charge is -2.19. The van der Waals surface area contributed by atoms with E-state index in [1.807, 2.05) is 13.8 Å². The van der Waals surface area contributed by atoms with Crippen LogP contribution in [0.5, 0.6) is 0 Å². The van der Waals surface area contributed by atoms with Gasteiger partial charge in [0.1, 0.15) is 11.4 Å². The van der Waals surface area contributed by atoms with Gasteiger partial charge in [-0.2, -0.15) is 0 Å². The van der Waals surface area contributed by atoms with Crippen molar-refractivity contribution in [3.8, 4) is 0 Å². The molecule has 7 nitrogen and oxygen atoms in total. The van der Waals surface area contributed by atoms with Crippen LogP contribution in [-0.4, -0.2) is 48.0 Å². The molecule has 2 rings (SSSR count). The second kappa shape index (κ2) is 11.3. The predicted octanol–water partition coefficient (Wildman–Crippen LogP) is 2.92. The number of halogens is 2. The van der Waals surface area contributed by atoms with E-state index in [2.05, 4.69) is 20.9 Å². The van der Waals surface area contributed by atoms with Crippen molar-refractivity contribution >= 4 is 41.9 Å². The van der Waals surface area contributed by atoms with Crippen LogP contribution in [-0.2, 0) is 11.3 Å². The van der Waals surface area contributed by atoms with Crippen molar-refractivity contribution < 1.29 is 14.0 Å². The number of amides is 3. The van der Waals surface area contributed by atoms with Gasteiger partial charge in [0.2, 0.25) is 0 Å². The number of aryl methyl sites for hydroxylation is 1. The molecule has 0 aromatic heterocycles. The van der Waals surface area contributed by atoms with Crippen LogP contribution >= 0.6 is 24.0 Å². The Kier molecular flexibility index (Phi) is 9.81. The summed E-state index contributed by atoms with van der Waals surface area (Å²) in [6, 6.07) is 4.62. The third-order valence-corrected chi connectivity index (χ3v) is 4.89. The monoisotopic (exact) mass is 519 g/mol. The molecule has 1 aromatic rings. The molecule has 1 heterocycles. The summed E-state index contributed by atoms with van der Waals surface area (Å²) in [5.74, 6) is 0.241. The molecule has 9 heteroatoms. The van der Waals surface area contributed by atoms with Gasteiger partial charge in [0.25, 0.3) is 5.91 Å². The van der Waals surface area contributed by atoms with Crippen LogP contribution in [0.1, 0.15) is 44.7 Å². The van der Waals surface area contributed by atoms with Crippen LogP contribution in [0.2, 0.25) is 0 Å². The lowest BCUT2D eigenvalue weighted by atomic mass is 9.99. The number of aliphatic imine (C=N–C) groups is 1. The number of rotatable bonds is 8. The summed E-state index contributed by atoms with van der Waals surface area (Å²) < 4.78 is 13.4. The first kappa shape index (κ1) is 25.1. The average molecular weight is 519 g/mol. The van der Waals surface area contributed by atoms with E-state index < -0.39 is 5.54 Å². The Bertz CT molecular complexity index is 758. The fourth-order valence-electron chi connectivity index (χ4n) is 2.95. The highest BCUT2D eigenvalue weighted by atomic mass is 127. The Morgan fingerprint density at radius 2 is 2.00 bits per heavy atom. The molecule has 0 radical (unpaired) electrons. The van der Waals surface area contributed by atoms with Gasteiger partial charge in [0.15, 0.2) is 5.96 Å².